The van der Waals surface area contributed by atoms with Gasteiger partial charge < -0.3 is 5.73 Å². The van der Waals surface area contributed by atoms with Crippen molar-refractivity contribution >= 4 is 9.84 Å². The standard InChI is InChI=1S/C6H12FNO2S/c1-6(8)2-3-11(9,10)4-5(6)7/h5H,2-4,8H2,1H3. The lowest BCUT2D eigenvalue weighted by atomic mass is 9.95. The molecule has 0 aromatic carbocycles. The van der Waals surface area contributed by atoms with Crippen LogP contribution in [0, 0.1) is 0 Å². The SMILES string of the molecule is CC1(N)CCS(=O)(=O)CC1F. The highest BCUT2D eigenvalue weighted by molar-refractivity contribution is 7.91. The second kappa shape index (κ2) is 2.42. The summed E-state index contributed by atoms with van der Waals surface area (Å²) in [6, 6.07) is 0. The van der Waals surface area contributed by atoms with E-state index in [2.05, 4.69) is 0 Å². The molecule has 0 aromatic rings. The molecule has 2 unspecified atom stereocenters. The molecule has 1 fully saturated rings. The largest absolute Gasteiger partial charge is 0.323 e. The molecule has 5 heteroatoms. The topological polar surface area (TPSA) is 60.2 Å². The van der Waals surface area contributed by atoms with Crippen LogP contribution in [-0.4, -0.2) is 31.6 Å². The van der Waals surface area contributed by atoms with Crippen molar-refractivity contribution in [3.05, 3.63) is 0 Å². The molecule has 0 aliphatic carbocycles. The minimum absolute atomic E-state index is 0.0143. The molecule has 1 rings (SSSR count). The van der Waals surface area contributed by atoms with Gasteiger partial charge in [0.1, 0.15) is 6.17 Å². The van der Waals surface area contributed by atoms with Crippen LogP contribution in [-0.2, 0) is 9.84 Å². The van der Waals surface area contributed by atoms with E-state index in [1.54, 1.807) is 6.92 Å². The number of hydrogen-bond acceptors (Lipinski definition) is 3. The van der Waals surface area contributed by atoms with Gasteiger partial charge in [0.2, 0.25) is 0 Å². The third-order valence-corrected chi connectivity index (χ3v) is 3.69. The summed E-state index contributed by atoms with van der Waals surface area (Å²) in [4.78, 5) is 0. The maximum Gasteiger partial charge on any atom is 0.153 e. The summed E-state index contributed by atoms with van der Waals surface area (Å²) in [5, 5.41) is 0. The van der Waals surface area contributed by atoms with Crippen LogP contribution in [0.15, 0.2) is 0 Å². The summed E-state index contributed by atoms with van der Waals surface area (Å²) in [7, 11) is -3.16. The number of alkyl halides is 1. The number of hydrogen-bond donors (Lipinski definition) is 1. The van der Waals surface area contributed by atoms with Gasteiger partial charge in [0.15, 0.2) is 9.84 Å². The van der Waals surface area contributed by atoms with Crippen LogP contribution in [0.1, 0.15) is 13.3 Å². The van der Waals surface area contributed by atoms with Crippen molar-refractivity contribution in [1.29, 1.82) is 0 Å². The normalized spacial score (nSPS) is 43.7. The van der Waals surface area contributed by atoms with Gasteiger partial charge in [0.25, 0.3) is 0 Å². The molecule has 0 spiro atoms. The smallest absolute Gasteiger partial charge is 0.153 e. The molecule has 0 bridgehead atoms. The maximum absolute atomic E-state index is 13.0. The van der Waals surface area contributed by atoms with E-state index in [0.29, 0.717) is 0 Å². The summed E-state index contributed by atoms with van der Waals surface area (Å²) < 4.78 is 34.7. The van der Waals surface area contributed by atoms with Gasteiger partial charge in [-0.25, -0.2) is 12.8 Å². The molecule has 1 aliphatic rings. The summed E-state index contributed by atoms with van der Waals surface area (Å²) in [6.45, 7) is 1.55. The van der Waals surface area contributed by atoms with Crippen molar-refractivity contribution in [2.24, 2.45) is 5.73 Å². The van der Waals surface area contributed by atoms with Crippen LogP contribution in [0.3, 0.4) is 0 Å². The van der Waals surface area contributed by atoms with E-state index in [0.717, 1.165) is 0 Å². The van der Waals surface area contributed by atoms with Crippen molar-refractivity contribution in [3.8, 4) is 0 Å². The summed E-state index contributed by atoms with van der Waals surface area (Å²) in [5.74, 6) is -0.402. The van der Waals surface area contributed by atoms with Crippen LogP contribution in [0.25, 0.3) is 0 Å². The fraction of sp³-hybridized carbons (Fsp3) is 1.00. The van der Waals surface area contributed by atoms with Crippen LogP contribution < -0.4 is 5.73 Å². The lowest BCUT2D eigenvalue weighted by molar-refractivity contribution is 0.212. The molecular weight excluding hydrogens is 169 g/mol. The molecule has 2 N–H and O–H groups in total. The Hall–Kier alpha value is -0.160. The average Bonchev–Trinajstić information content (AvgIpc) is 1.81. The summed E-state index contributed by atoms with van der Waals surface area (Å²) >= 11 is 0. The zero-order valence-electron chi connectivity index (χ0n) is 6.38. The summed E-state index contributed by atoms with van der Waals surface area (Å²) in [5.41, 5.74) is 4.55. The molecular formula is C6H12FNO2S. The van der Waals surface area contributed by atoms with Crippen molar-refractivity contribution in [2.45, 2.75) is 25.1 Å². The van der Waals surface area contributed by atoms with Crippen molar-refractivity contribution in [2.75, 3.05) is 11.5 Å². The second-order valence-corrected chi connectivity index (χ2v) is 5.57. The first-order valence-corrected chi connectivity index (χ1v) is 5.29. The Morgan fingerprint density at radius 3 is 2.55 bits per heavy atom. The van der Waals surface area contributed by atoms with E-state index in [4.69, 9.17) is 5.73 Å². The van der Waals surface area contributed by atoms with Gasteiger partial charge in [-0.05, 0) is 13.3 Å². The lowest BCUT2D eigenvalue weighted by Crippen LogP contribution is -2.53. The lowest BCUT2D eigenvalue weighted by Gasteiger charge is -2.32. The number of halogens is 1. The third-order valence-electron chi connectivity index (χ3n) is 2.07. The zero-order valence-corrected chi connectivity index (χ0v) is 7.20. The van der Waals surface area contributed by atoms with E-state index in [1.165, 1.54) is 0 Å². The van der Waals surface area contributed by atoms with Crippen molar-refractivity contribution in [1.82, 2.24) is 0 Å². The van der Waals surface area contributed by atoms with E-state index in [9.17, 15) is 12.8 Å². The molecule has 0 aromatic heterocycles. The fourth-order valence-corrected chi connectivity index (χ4v) is 2.77. The first-order valence-electron chi connectivity index (χ1n) is 3.47. The molecule has 66 valence electrons. The minimum atomic E-state index is -3.16. The second-order valence-electron chi connectivity index (χ2n) is 3.34. The van der Waals surface area contributed by atoms with Gasteiger partial charge >= 0.3 is 0 Å². The monoisotopic (exact) mass is 181 g/mol. The average molecular weight is 181 g/mol. The molecule has 0 amide bonds. The van der Waals surface area contributed by atoms with E-state index in [-0.39, 0.29) is 12.2 Å². The first kappa shape index (κ1) is 8.93. The molecule has 11 heavy (non-hydrogen) atoms. The van der Waals surface area contributed by atoms with Gasteiger partial charge in [-0.2, -0.15) is 0 Å². The third kappa shape index (κ3) is 1.90. The molecule has 1 aliphatic heterocycles. The Morgan fingerprint density at radius 2 is 2.18 bits per heavy atom. The predicted molar refractivity (Wildman–Crippen MR) is 40.8 cm³/mol. The Morgan fingerprint density at radius 1 is 1.64 bits per heavy atom. The number of nitrogens with two attached hydrogens (primary N) is 1. The van der Waals surface area contributed by atoms with Gasteiger partial charge in [-0.15, -0.1) is 0 Å². The van der Waals surface area contributed by atoms with E-state index in [1.807, 2.05) is 0 Å². The van der Waals surface area contributed by atoms with Crippen LogP contribution in [0.4, 0.5) is 4.39 Å². The minimum Gasteiger partial charge on any atom is -0.323 e. The highest BCUT2D eigenvalue weighted by Crippen LogP contribution is 2.23. The molecule has 1 heterocycles. The molecule has 2 atom stereocenters. The van der Waals surface area contributed by atoms with Crippen LogP contribution in [0.5, 0.6) is 0 Å². The molecule has 0 radical (unpaired) electrons. The molecule has 3 nitrogen and oxygen atoms in total. The zero-order chi connectivity index (χ0) is 8.70. The predicted octanol–water partition coefficient (Wildman–Crippen LogP) is -0.140. The van der Waals surface area contributed by atoms with Gasteiger partial charge in [0, 0.05) is 5.54 Å². The van der Waals surface area contributed by atoms with Crippen molar-refractivity contribution < 1.29 is 12.8 Å². The Balaban J connectivity index is 2.78. The van der Waals surface area contributed by atoms with Crippen molar-refractivity contribution in [3.63, 3.8) is 0 Å². The Kier molecular flexibility index (Phi) is 1.96. The van der Waals surface area contributed by atoms with Gasteiger partial charge in [-0.1, -0.05) is 0 Å². The van der Waals surface area contributed by atoms with E-state index < -0.39 is 27.3 Å². The van der Waals surface area contributed by atoms with E-state index >= 15 is 0 Å². The fourth-order valence-electron chi connectivity index (χ4n) is 1.03. The highest BCUT2D eigenvalue weighted by Gasteiger charge is 2.39. The Bertz CT molecular complexity index is 247. The maximum atomic E-state index is 13.0. The van der Waals surface area contributed by atoms with Gasteiger partial charge in [-0.3, -0.25) is 0 Å². The van der Waals surface area contributed by atoms with Gasteiger partial charge in [0.05, 0.1) is 11.5 Å². The number of rotatable bonds is 0. The quantitative estimate of drug-likeness (QED) is 0.566. The first-order chi connectivity index (χ1) is 4.83. The molecule has 1 saturated heterocycles. The summed E-state index contributed by atoms with van der Waals surface area (Å²) in [6.07, 6.45) is -1.20. The highest BCUT2D eigenvalue weighted by atomic mass is 32.2. The number of sulfone groups is 1. The van der Waals surface area contributed by atoms with Crippen LogP contribution in [0.2, 0.25) is 0 Å². The Labute approximate surface area is 65.7 Å². The van der Waals surface area contributed by atoms with Crippen LogP contribution >= 0.6 is 0 Å². The molecule has 0 saturated carbocycles.